The molecule has 2 aromatic carbocycles. The van der Waals surface area contributed by atoms with E-state index in [4.69, 9.17) is 24.3 Å². The fourth-order valence-electron chi connectivity index (χ4n) is 6.27. The number of carbonyl (C=O) groups is 1. The Balaban J connectivity index is 1.63. The van der Waals surface area contributed by atoms with Gasteiger partial charge < -0.3 is 24.2 Å². The number of benzene rings is 2. The molecule has 0 amide bonds. The van der Waals surface area contributed by atoms with Crippen LogP contribution in [0.1, 0.15) is 71.2 Å². The van der Waals surface area contributed by atoms with Gasteiger partial charge in [-0.1, -0.05) is 36.4 Å². The standard InChI is InChI=1S/C39H47FN4O5/c1-9-13-25(3)48-31-17-12-16-29(40)34(31)28-15-11-14-27(23-28)30-24-32-41-26(4)33(35(37(45)46)49-38(5,6)7)36(44(32)42-30)43-20-18-39(8,19-21-43)47-22-10-2/h9-12,14-17,23-25,35H,1-2,13,18-22H2,3-8H3,(H,45,46)/t25-,35?/m0/s1. The van der Waals surface area contributed by atoms with E-state index in [0.717, 1.165) is 18.4 Å². The van der Waals surface area contributed by atoms with Crippen LogP contribution in [0.5, 0.6) is 5.75 Å². The van der Waals surface area contributed by atoms with E-state index in [1.807, 2.05) is 65.0 Å². The summed E-state index contributed by atoms with van der Waals surface area (Å²) >= 11 is 0. The number of aryl methyl sites for hydroxylation is 1. The molecule has 2 atom stereocenters. The molecule has 10 heteroatoms. The first-order chi connectivity index (χ1) is 23.2. The van der Waals surface area contributed by atoms with Crippen LogP contribution in [0.15, 0.2) is 73.8 Å². The fourth-order valence-corrected chi connectivity index (χ4v) is 6.27. The lowest BCUT2D eigenvalue weighted by molar-refractivity contribution is -0.160. The van der Waals surface area contributed by atoms with Crippen LogP contribution in [0.3, 0.4) is 0 Å². The molecule has 4 aromatic rings. The molecule has 49 heavy (non-hydrogen) atoms. The topological polar surface area (TPSA) is 98.4 Å². The monoisotopic (exact) mass is 670 g/mol. The molecule has 0 saturated carbocycles. The number of nitrogens with zero attached hydrogens (tertiary/aromatic N) is 4. The van der Waals surface area contributed by atoms with E-state index >= 15 is 4.39 Å². The third-order valence-electron chi connectivity index (χ3n) is 8.68. The largest absolute Gasteiger partial charge is 0.490 e. The average Bonchev–Trinajstić information content (AvgIpc) is 3.46. The Kier molecular flexibility index (Phi) is 10.6. The van der Waals surface area contributed by atoms with E-state index in [9.17, 15) is 9.90 Å². The minimum absolute atomic E-state index is 0.181. The summed E-state index contributed by atoms with van der Waals surface area (Å²) in [4.78, 5) is 19.8. The third kappa shape index (κ3) is 8.03. The van der Waals surface area contributed by atoms with Gasteiger partial charge in [0, 0.05) is 36.8 Å². The van der Waals surface area contributed by atoms with Crippen molar-refractivity contribution in [3.8, 4) is 28.1 Å². The first kappa shape index (κ1) is 35.8. The number of carboxylic acid groups (broad SMARTS) is 1. The molecule has 260 valence electrons. The van der Waals surface area contributed by atoms with Crippen molar-refractivity contribution in [3.63, 3.8) is 0 Å². The Morgan fingerprint density at radius 2 is 1.80 bits per heavy atom. The zero-order valence-electron chi connectivity index (χ0n) is 29.3. The van der Waals surface area contributed by atoms with Gasteiger partial charge in [0.25, 0.3) is 0 Å². The molecular formula is C39H47FN4O5. The number of fused-ring (bicyclic) bond motifs is 1. The maximum atomic E-state index is 15.4. The average molecular weight is 671 g/mol. The van der Waals surface area contributed by atoms with Crippen molar-refractivity contribution in [2.45, 2.75) is 84.2 Å². The van der Waals surface area contributed by atoms with Gasteiger partial charge in [0.2, 0.25) is 0 Å². The highest BCUT2D eigenvalue weighted by Gasteiger charge is 2.37. The number of aromatic nitrogens is 3. The highest BCUT2D eigenvalue weighted by molar-refractivity contribution is 5.80. The third-order valence-corrected chi connectivity index (χ3v) is 8.68. The molecular weight excluding hydrogens is 623 g/mol. The van der Waals surface area contributed by atoms with Crippen LogP contribution in [0.4, 0.5) is 10.2 Å². The molecule has 1 unspecified atom stereocenters. The summed E-state index contributed by atoms with van der Waals surface area (Å²) in [6, 6.07) is 14.2. The van der Waals surface area contributed by atoms with E-state index < -0.39 is 23.5 Å². The van der Waals surface area contributed by atoms with Gasteiger partial charge >= 0.3 is 5.97 Å². The summed E-state index contributed by atoms with van der Waals surface area (Å²) in [6.45, 7) is 20.5. The second-order valence-electron chi connectivity index (χ2n) is 13.9. The van der Waals surface area contributed by atoms with Gasteiger partial charge in [0.05, 0.1) is 40.7 Å². The number of hydrogen-bond acceptors (Lipinski definition) is 7. The molecule has 1 aliphatic heterocycles. The molecule has 2 aromatic heterocycles. The Bertz CT molecular complexity index is 1840. The maximum Gasteiger partial charge on any atom is 0.337 e. The fraction of sp³-hybridized carbons (Fsp3) is 0.410. The number of halogens is 1. The number of hydrogen-bond donors (Lipinski definition) is 1. The van der Waals surface area contributed by atoms with E-state index in [1.54, 1.807) is 28.8 Å². The summed E-state index contributed by atoms with van der Waals surface area (Å²) in [5.41, 5.74) is 2.81. The first-order valence-corrected chi connectivity index (χ1v) is 16.7. The van der Waals surface area contributed by atoms with Crippen LogP contribution in [-0.2, 0) is 14.3 Å². The lowest BCUT2D eigenvalue weighted by Gasteiger charge is -2.41. The van der Waals surface area contributed by atoms with E-state index in [2.05, 4.69) is 25.0 Å². The summed E-state index contributed by atoms with van der Waals surface area (Å²) in [6.07, 6.45) is 4.11. The Morgan fingerprint density at radius 1 is 1.10 bits per heavy atom. The van der Waals surface area contributed by atoms with E-state index in [-0.39, 0.29) is 11.7 Å². The van der Waals surface area contributed by atoms with Crippen molar-refractivity contribution < 1.29 is 28.5 Å². The Morgan fingerprint density at radius 3 is 2.45 bits per heavy atom. The summed E-state index contributed by atoms with van der Waals surface area (Å²) < 4.78 is 35.5. The van der Waals surface area contributed by atoms with Crippen LogP contribution >= 0.6 is 0 Å². The van der Waals surface area contributed by atoms with Crippen LogP contribution in [0.25, 0.3) is 28.0 Å². The number of piperidine rings is 1. The minimum Gasteiger partial charge on any atom is -0.490 e. The van der Waals surface area contributed by atoms with Crippen LogP contribution in [0, 0.1) is 12.7 Å². The number of ether oxygens (including phenoxy) is 3. The molecule has 1 N–H and O–H groups in total. The molecule has 0 spiro atoms. The molecule has 1 fully saturated rings. The molecule has 5 rings (SSSR count). The van der Waals surface area contributed by atoms with Gasteiger partial charge in [0.1, 0.15) is 17.4 Å². The predicted octanol–water partition coefficient (Wildman–Crippen LogP) is 8.36. The van der Waals surface area contributed by atoms with Crippen molar-refractivity contribution in [3.05, 3.63) is 90.9 Å². The van der Waals surface area contributed by atoms with Crippen LogP contribution in [0.2, 0.25) is 0 Å². The van der Waals surface area contributed by atoms with Gasteiger partial charge in [-0.05, 0) is 78.1 Å². The lowest BCUT2D eigenvalue weighted by Crippen LogP contribution is -2.45. The van der Waals surface area contributed by atoms with Gasteiger partial charge in [-0.15, -0.1) is 13.2 Å². The van der Waals surface area contributed by atoms with Crippen molar-refractivity contribution in [2.75, 3.05) is 24.6 Å². The van der Waals surface area contributed by atoms with Crippen molar-refractivity contribution in [1.29, 1.82) is 0 Å². The van der Waals surface area contributed by atoms with Crippen LogP contribution < -0.4 is 9.64 Å². The lowest BCUT2D eigenvalue weighted by atomic mass is 9.92. The number of carboxylic acids is 1. The predicted molar refractivity (Wildman–Crippen MR) is 191 cm³/mol. The number of anilines is 1. The second kappa shape index (κ2) is 14.5. The van der Waals surface area contributed by atoms with Gasteiger partial charge in [0.15, 0.2) is 11.8 Å². The smallest absolute Gasteiger partial charge is 0.337 e. The molecule has 1 aliphatic rings. The molecule has 0 radical (unpaired) electrons. The highest BCUT2D eigenvalue weighted by Crippen LogP contribution is 2.39. The molecule has 0 aliphatic carbocycles. The SMILES string of the molecule is C=CCOC1(C)CCN(c2c(C(OC(C)(C)C)C(=O)O)c(C)nc3cc(-c4cccc(-c5c(F)cccc5O[C@@H](C)CC=C)c4)nn23)CC1. The van der Waals surface area contributed by atoms with Crippen molar-refractivity contribution in [1.82, 2.24) is 14.6 Å². The van der Waals surface area contributed by atoms with Gasteiger partial charge in [-0.2, -0.15) is 9.61 Å². The van der Waals surface area contributed by atoms with Crippen LogP contribution in [-0.4, -0.2) is 62.7 Å². The van der Waals surface area contributed by atoms with Gasteiger partial charge in [-0.3, -0.25) is 0 Å². The number of rotatable bonds is 13. The molecule has 0 bridgehead atoms. The zero-order valence-corrected chi connectivity index (χ0v) is 29.3. The van der Waals surface area contributed by atoms with E-state index in [1.165, 1.54) is 6.07 Å². The quantitative estimate of drug-likeness (QED) is 0.142. The summed E-state index contributed by atoms with van der Waals surface area (Å²) in [5.74, 6) is -0.443. The Labute approximate surface area is 288 Å². The van der Waals surface area contributed by atoms with Crippen molar-refractivity contribution >= 4 is 17.4 Å². The van der Waals surface area contributed by atoms with Gasteiger partial charge in [-0.25, -0.2) is 14.2 Å². The zero-order chi connectivity index (χ0) is 35.5. The molecule has 3 heterocycles. The van der Waals surface area contributed by atoms with Crippen molar-refractivity contribution in [2.24, 2.45) is 0 Å². The van der Waals surface area contributed by atoms with E-state index in [0.29, 0.717) is 71.4 Å². The summed E-state index contributed by atoms with van der Waals surface area (Å²) in [5, 5.41) is 15.5. The first-order valence-electron chi connectivity index (χ1n) is 16.7. The normalized spacial score (nSPS) is 15.9. The molecule has 9 nitrogen and oxygen atoms in total. The minimum atomic E-state index is -1.28. The summed E-state index contributed by atoms with van der Waals surface area (Å²) in [7, 11) is 0. The molecule has 1 saturated heterocycles. The Hall–Kier alpha value is -4.54. The maximum absolute atomic E-state index is 15.4. The number of aliphatic carboxylic acids is 1. The highest BCUT2D eigenvalue weighted by atomic mass is 19.1. The second-order valence-corrected chi connectivity index (χ2v) is 13.9.